The van der Waals surface area contributed by atoms with Crippen LogP contribution in [0.15, 0.2) is 0 Å². The fourth-order valence-corrected chi connectivity index (χ4v) is 4.04. The van der Waals surface area contributed by atoms with E-state index in [1.807, 2.05) is 0 Å². The summed E-state index contributed by atoms with van der Waals surface area (Å²) in [6.45, 7) is 3.69. The molecule has 0 bridgehead atoms. The van der Waals surface area contributed by atoms with Gasteiger partial charge in [0, 0.05) is 32.3 Å². The third-order valence-electron chi connectivity index (χ3n) is 4.36. The summed E-state index contributed by atoms with van der Waals surface area (Å²) in [5.74, 6) is 0.466. The topological polar surface area (TPSA) is 60.9 Å². The zero-order valence-electron chi connectivity index (χ0n) is 12.5. The molecule has 1 aliphatic carbocycles. The fraction of sp³-hybridized carbons (Fsp3) is 1.00. The zero-order chi connectivity index (χ0) is 14.6. The maximum Gasteiger partial charge on any atom is 0.211 e. The SMILES string of the molecule is CS(=O)(=O)N1CCCC(CN(CCCCO)C2CC2)C1. The van der Waals surface area contributed by atoms with Gasteiger partial charge in [-0.2, -0.15) is 0 Å². The van der Waals surface area contributed by atoms with Crippen molar-refractivity contribution in [3.63, 3.8) is 0 Å². The number of aliphatic hydroxyl groups excluding tert-OH is 1. The predicted octanol–water partition coefficient (Wildman–Crippen LogP) is 0.895. The van der Waals surface area contributed by atoms with Gasteiger partial charge >= 0.3 is 0 Å². The third-order valence-corrected chi connectivity index (χ3v) is 5.63. The van der Waals surface area contributed by atoms with E-state index in [-0.39, 0.29) is 6.61 Å². The number of hydrogen-bond acceptors (Lipinski definition) is 4. The van der Waals surface area contributed by atoms with Crippen molar-refractivity contribution in [3.05, 3.63) is 0 Å². The molecule has 118 valence electrons. The van der Waals surface area contributed by atoms with Crippen LogP contribution in [-0.2, 0) is 10.0 Å². The molecule has 1 heterocycles. The molecule has 2 aliphatic rings. The van der Waals surface area contributed by atoms with Crippen molar-refractivity contribution in [1.29, 1.82) is 0 Å². The lowest BCUT2D eigenvalue weighted by atomic mass is 9.99. The molecule has 1 N–H and O–H groups in total. The van der Waals surface area contributed by atoms with Gasteiger partial charge in [0.1, 0.15) is 0 Å². The molecule has 1 saturated carbocycles. The van der Waals surface area contributed by atoms with Gasteiger partial charge in [-0.1, -0.05) is 0 Å². The number of aliphatic hydroxyl groups is 1. The van der Waals surface area contributed by atoms with Crippen molar-refractivity contribution in [1.82, 2.24) is 9.21 Å². The Bertz CT molecular complexity index is 395. The van der Waals surface area contributed by atoms with Crippen LogP contribution in [0.2, 0.25) is 0 Å². The fourth-order valence-electron chi connectivity index (χ4n) is 3.10. The van der Waals surface area contributed by atoms with Gasteiger partial charge in [-0.15, -0.1) is 0 Å². The molecular formula is C14H28N2O3S. The van der Waals surface area contributed by atoms with Gasteiger partial charge in [-0.05, 0) is 51.0 Å². The Hall–Kier alpha value is -0.170. The molecule has 5 nitrogen and oxygen atoms in total. The molecule has 1 saturated heterocycles. The van der Waals surface area contributed by atoms with Crippen LogP contribution in [0, 0.1) is 5.92 Å². The molecule has 0 aromatic heterocycles. The molecule has 0 amide bonds. The van der Waals surface area contributed by atoms with Crippen LogP contribution in [0.5, 0.6) is 0 Å². The van der Waals surface area contributed by atoms with Gasteiger partial charge in [0.25, 0.3) is 0 Å². The van der Waals surface area contributed by atoms with E-state index < -0.39 is 10.0 Å². The molecule has 0 radical (unpaired) electrons. The van der Waals surface area contributed by atoms with Crippen LogP contribution < -0.4 is 0 Å². The van der Waals surface area contributed by atoms with Gasteiger partial charge in [0.05, 0.1) is 6.26 Å². The Morgan fingerprint density at radius 3 is 2.60 bits per heavy atom. The number of sulfonamides is 1. The van der Waals surface area contributed by atoms with Crippen molar-refractivity contribution in [2.24, 2.45) is 5.92 Å². The summed E-state index contributed by atoms with van der Waals surface area (Å²) in [4.78, 5) is 2.52. The number of nitrogens with zero attached hydrogens (tertiary/aromatic N) is 2. The first-order valence-electron chi connectivity index (χ1n) is 7.80. The van der Waals surface area contributed by atoms with Gasteiger partial charge in [0.2, 0.25) is 10.0 Å². The molecule has 1 unspecified atom stereocenters. The highest BCUT2D eigenvalue weighted by atomic mass is 32.2. The first-order valence-corrected chi connectivity index (χ1v) is 9.65. The lowest BCUT2D eigenvalue weighted by Gasteiger charge is -2.34. The highest BCUT2D eigenvalue weighted by Gasteiger charge is 2.32. The molecule has 0 aromatic rings. The highest BCUT2D eigenvalue weighted by Crippen LogP contribution is 2.29. The smallest absolute Gasteiger partial charge is 0.211 e. The molecule has 1 aliphatic heterocycles. The van der Waals surface area contributed by atoms with E-state index in [1.54, 1.807) is 4.31 Å². The normalized spacial score (nSPS) is 25.2. The Morgan fingerprint density at radius 2 is 2.00 bits per heavy atom. The number of unbranched alkanes of at least 4 members (excludes halogenated alkanes) is 1. The Kier molecular flexibility index (Phi) is 5.84. The Morgan fingerprint density at radius 1 is 1.25 bits per heavy atom. The number of hydrogen-bond donors (Lipinski definition) is 1. The molecule has 20 heavy (non-hydrogen) atoms. The standard InChI is InChI=1S/C14H28N2O3S/c1-20(18,19)16-9-4-5-13(12-16)11-15(14-6-7-14)8-2-3-10-17/h13-14,17H,2-12H2,1H3. The Balaban J connectivity index is 1.83. The van der Waals surface area contributed by atoms with Crippen LogP contribution in [0.25, 0.3) is 0 Å². The largest absolute Gasteiger partial charge is 0.396 e. The van der Waals surface area contributed by atoms with Gasteiger partial charge in [-0.25, -0.2) is 12.7 Å². The molecule has 2 rings (SSSR count). The van der Waals surface area contributed by atoms with Gasteiger partial charge in [-0.3, -0.25) is 0 Å². The summed E-state index contributed by atoms with van der Waals surface area (Å²) in [5.41, 5.74) is 0. The maximum atomic E-state index is 11.7. The molecule has 0 aromatic carbocycles. The maximum absolute atomic E-state index is 11.7. The summed E-state index contributed by atoms with van der Waals surface area (Å²) in [6, 6.07) is 0.710. The van der Waals surface area contributed by atoms with Crippen molar-refractivity contribution in [2.45, 2.75) is 44.6 Å². The molecule has 2 fully saturated rings. The van der Waals surface area contributed by atoms with E-state index in [9.17, 15) is 8.42 Å². The van der Waals surface area contributed by atoms with Gasteiger partial charge in [0.15, 0.2) is 0 Å². The highest BCUT2D eigenvalue weighted by molar-refractivity contribution is 7.88. The Labute approximate surface area is 123 Å². The average Bonchev–Trinajstić information content (AvgIpc) is 3.21. The summed E-state index contributed by atoms with van der Waals surface area (Å²) in [5, 5.41) is 8.89. The summed E-state index contributed by atoms with van der Waals surface area (Å²) in [6.07, 6.45) is 7.89. The summed E-state index contributed by atoms with van der Waals surface area (Å²) >= 11 is 0. The second-order valence-electron chi connectivity index (χ2n) is 6.29. The van der Waals surface area contributed by atoms with Crippen LogP contribution in [0.3, 0.4) is 0 Å². The van der Waals surface area contributed by atoms with Crippen molar-refractivity contribution in [3.8, 4) is 0 Å². The van der Waals surface area contributed by atoms with E-state index in [1.165, 1.54) is 19.1 Å². The molecular weight excluding hydrogens is 276 g/mol. The number of piperidine rings is 1. The second kappa shape index (κ2) is 7.20. The lowest BCUT2D eigenvalue weighted by Crippen LogP contribution is -2.44. The number of rotatable bonds is 8. The minimum absolute atomic E-state index is 0.268. The van der Waals surface area contributed by atoms with E-state index in [0.29, 0.717) is 25.0 Å². The first kappa shape index (κ1) is 16.2. The minimum atomic E-state index is -3.04. The van der Waals surface area contributed by atoms with Crippen LogP contribution in [-0.4, -0.2) is 67.8 Å². The van der Waals surface area contributed by atoms with Crippen molar-refractivity contribution < 1.29 is 13.5 Å². The summed E-state index contributed by atoms with van der Waals surface area (Å²) < 4.78 is 25.0. The van der Waals surface area contributed by atoms with Crippen LogP contribution in [0.1, 0.15) is 38.5 Å². The lowest BCUT2D eigenvalue weighted by molar-refractivity contribution is 0.166. The van der Waals surface area contributed by atoms with E-state index in [2.05, 4.69) is 4.90 Å². The molecule has 1 atom stereocenters. The van der Waals surface area contributed by atoms with Crippen molar-refractivity contribution >= 4 is 10.0 Å². The van der Waals surface area contributed by atoms with Crippen molar-refractivity contribution in [2.75, 3.05) is 39.0 Å². The monoisotopic (exact) mass is 304 g/mol. The first-order chi connectivity index (χ1) is 9.50. The van der Waals surface area contributed by atoms with Crippen LogP contribution >= 0.6 is 0 Å². The van der Waals surface area contributed by atoms with Crippen LogP contribution in [0.4, 0.5) is 0 Å². The average molecular weight is 304 g/mol. The van der Waals surface area contributed by atoms with Gasteiger partial charge < -0.3 is 10.0 Å². The minimum Gasteiger partial charge on any atom is -0.396 e. The zero-order valence-corrected chi connectivity index (χ0v) is 13.3. The quantitative estimate of drug-likeness (QED) is 0.677. The predicted molar refractivity (Wildman–Crippen MR) is 80.1 cm³/mol. The second-order valence-corrected chi connectivity index (χ2v) is 8.27. The molecule has 6 heteroatoms. The summed E-state index contributed by atoms with van der Waals surface area (Å²) in [7, 11) is -3.04. The van der Waals surface area contributed by atoms with E-state index in [4.69, 9.17) is 5.11 Å². The molecule has 0 spiro atoms. The third kappa shape index (κ3) is 4.98. The van der Waals surface area contributed by atoms with E-state index >= 15 is 0 Å². The van der Waals surface area contributed by atoms with E-state index in [0.717, 1.165) is 38.8 Å².